The van der Waals surface area contributed by atoms with E-state index in [4.69, 9.17) is 4.74 Å². The van der Waals surface area contributed by atoms with Gasteiger partial charge in [0.2, 0.25) is 6.29 Å². The average Bonchev–Trinajstić information content (AvgIpc) is 2.71. The number of aliphatic hydroxyl groups excluding tert-OH is 1. The molecule has 2 N–H and O–H groups in total. The Morgan fingerprint density at radius 2 is 1.83 bits per heavy atom. The van der Waals surface area contributed by atoms with Crippen molar-refractivity contribution in [2.45, 2.75) is 71.2 Å². The molecule has 1 aliphatic heterocycles. The van der Waals surface area contributed by atoms with Crippen LogP contribution in [0, 0.1) is 28.6 Å². The predicted molar refractivity (Wildman–Crippen MR) is 85.2 cm³/mol. The second kappa shape index (κ2) is 4.60. The van der Waals surface area contributed by atoms with Gasteiger partial charge in [0.05, 0.1) is 11.0 Å². The molecule has 4 nitrogen and oxygen atoms in total. The van der Waals surface area contributed by atoms with Crippen LogP contribution in [0.5, 0.6) is 0 Å². The van der Waals surface area contributed by atoms with Gasteiger partial charge in [0, 0.05) is 6.08 Å². The van der Waals surface area contributed by atoms with Crippen molar-refractivity contribution in [3.8, 4) is 0 Å². The van der Waals surface area contributed by atoms with Gasteiger partial charge < -0.3 is 14.9 Å². The quantitative estimate of drug-likeness (QED) is 0.674. The molecular weight excluding hydrogens is 292 g/mol. The Balaban J connectivity index is 1.73. The summed E-state index contributed by atoms with van der Waals surface area (Å²) >= 11 is 0. The van der Waals surface area contributed by atoms with E-state index in [0.29, 0.717) is 17.8 Å². The van der Waals surface area contributed by atoms with Crippen molar-refractivity contribution >= 4 is 5.97 Å². The summed E-state index contributed by atoms with van der Waals surface area (Å²) in [6.07, 6.45) is 6.40. The summed E-state index contributed by atoms with van der Waals surface area (Å²) in [6.45, 7) is 6.33. The standard InChI is InChI=1S/C19H28O4/c1-17-8-6-14-12(13(17)7-9-18(17,2)22)5-4-11-10-15(20)23-16(21)19(11,14)3/h10,12-14,16,21-22H,4-9H2,1-3H3/t12-,13-,14-,16-,17-,18-,19-/m0/s1. The van der Waals surface area contributed by atoms with Crippen LogP contribution in [0.1, 0.15) is 59.3 Å². The molecule has 0 unspecified atom stereocenters. The fourth-order valence-corrected chi connectivity index (χ4v) is 6.49. The van der Waals surface area contributed by atoms with E-state index in [0.717, 1.165) is 44.1 Å². The van der Waals surface area contributed by atoms with Gasteiger partial charge in [0.25, 0.3) is 0 Å². The molecule has 1 heterocycles. The molecule has 4 rings (SSSR count). The number of carbonyl (C=O) groups excluding carboxylic acids is 1. The van der Waals surface area contributed by atoms with Gasteiger partial charge in [-0.1, -0.05) is 12.5 Å². The number of aliphatic hydroxyl groups is 2. The molecule has 7 atom stereocenters. The SMILES string of the molecule is C[C@@]12C(=CC(=O)O[C@@H]1O)CC[C@@H]1[C@@H]2CC[C@@]2(C)[C@H]1CC[C@]2(C)O. The number of hydrogen-bond donors (Lipinski definition) is 2. The molecule has 0 amide bonds. The molecule has 23 heavy (non-hydrogen) atoms. The van der Waals surface area contributed by atoms with Gasteiger partial charge in [0.15, 0.2) is 0 Å². The maximum Gasteiger partial charge on any atom is 0.333 e. The molecule has 0 bridgehead atoms. The van der Waals surface area contributed by atoms with Crippen LogP contribution in [0.25, 0.3) is 0 Å². The lowest BCUT2D eigenvalue weighted by molar-refractivity contribution is -0.212. The average molecular weight is 320 g/mol. The third-order valence-corrected chi connectivity index (χ3v) is 8.24. The van der Waals surface area contributed by atoms with Crippen LogP contribution < -0.4 is 0 Å². The lowest BCUT2D eigenvalue weighted by Crippen LogP contribution is -2.57. The monoisotopic (exact) mass is 320 g/mol. The van der Waals surface area contributed by atoms with Crippen LogP contribution in [0.3, 0.4) is 0 Å². The first-order chi connectivity index (χ1) is 10.7. The van der Waals surface area contributed by atoms with Gasteiger partial charge in [-0.25, -0.2) is 4.79 Å². The molecular formula is C19H28O4. The minimum atomic E-state index is -1.03. The van der Waals surface area contributed by atoms with E-state index in [1.54, 1.807) is 6.08 Å². The Bertz CT molecular complexity index is 580. The van der Waals surface area contributed by atoms with E-state index in [2.05, 4.69) is 13.8 Å². The molecule has 128 valence electrons. The van der Waals surface area contributed by atoms with Gasteiger partial charge in [-0.15, -0.1) is 0 Å². The summed E-state index contributed by atoms with van der Waals surface area (Å²) in [5.41, 5.74) is 0.00207. The summed E-state index contributed by atoms with van der Waals surface area (Å²) in [5.74, 6) is 0.918. The smallest absolute Gasteiger partial charge is 0.333 e. The highest BCUT2D eigenvalue weighted by molar-refractivity contribution is 5.84. The summed E-state index contributed by atoms with van der Waals surface area (Å²) in [7, 11) is 0. The molecule has 4 heteroatoms. The van der Waals surface area contributed by atoms with Crippen molar-refractivity contribution in [3.05, 3.63) is 11.6 Å². The van der Waals surface area contributed by atoms with Gasteiger partial charge in [-0.3, -0.25) is 0 Å². The van der Waals surface area contributed by atoms with E-state index in [9.17, 15) is 15.0 Å². The lowest BCUT2D eigenvalue weighted by Gasteiger charge is -2.59. The zero-order valence-electron chi connectivity index (χ0n) is 14.3. The first kappa shape index (κ1) is 15.6. The molecule has 3 saturated carbocycles. The zero-order valence-corrected chi connectivity index (χ0v) is 14.3. The van der Waals surface area contributed by atoms with Crippen molar-refractivity contribution in [1.82, 2.24) is 0 Å². The van der Waals surface area contributed by atoms with Crippen molar-refractivity contribution in [2.24, 2.45) is 28.6 Å². The highest BCUT2D eigenvalue weighted by atomic mass is 16.6. The van der Waals surface area contributed by atoms with Crippen molar-refractivity contribution in [3.63, 3.8) is 0 Å². The van der Waals surface area contributed by atoms with E-state index in [1.807, 2.05) is 6.92 Å². The second-order valence-electron chi connectivity index (χ2n) is 8.93. The van der Waals surface area contributed by atoms with E-state index in [-0.39, 0.29) is 5.41 Å². The Morgan fingerprint density at radius 1 is 1.13 bits per heavy atom. The van der Waals surface area contributed by atoms with Gasteiger partial charge in [0.1, 0.15) is 0 Å². The fraction of sp³-hybridized carbons (Fsp3) is 0.842. The summed E-state index contributed by atoms with van der Waals surface area (Å²) < 4.78 is 5.18. The first-order valence-corrected chi connectivity index (χ1v) is 9.02. The number of rotatable bonds is 0. The molecule has 0 radical (unpaired) electrons. The topological polar surface area (TPSA) is 66.8 Å². The fourth-order valence-electron chi connectivity index (χ4n) is 6.49. The lowest BCUT2D eigenvalue weighted by atomic mass is 9.47. The molecule has 0 aromatic rings. The van der Waals surface area contributed by atoms with Crippen molar-refractivity contribution in [2.75, 3.05) is 0 Å². The Morgan fingerprint density at radius 3 is 2.57 bits per heavy atom. The van der Waals surface area contributed by atoms with E-state index < -0.39 is 23.3 Å². The first-order valence-electron chi connectivity index (χ1n) is 9.02. The van der Waals surface area contributed by atoms with Crippen LogP contribution >= 0.6 is 0 Å². The molecule has 0 aromatic carbocycles. The largest absolute Gasteiger partial charge is 0.432 e. The highest BCUT2D eigenvalue weighted by Gasteiger charge is 2.64. The number of hydrogen-bond acceptors (Lipinski definition) is 4. The van der Waals surface area contributed by atoms with Crippen LogP contribution in [-0.2, 0) is 9.53 Å². The Kier molecular flexibility index (Phi) is 3.13. The summed E-state index contributed by atoms with van der Waals surface area (Å²) in [6, 6.07) is 0. The highest BCUT2D eigenvalue weighted by Crippen LogP contribution is 2.67. The van der Waals surface area contributed by atoms with Crippen molar-refractivity contribution < 1.29 is 19.7 Å². The third kappa shape index (κ3) is 1.82. The van der Waals surface area contributed by atoms with Crippen LogP contribution in [-0.4, -0.2) is 28.1 Å². The molecule has 3 fully saturated rings. The predicted octanol–water partition coefficient (Wildman–Crippen LogP) is 2.78. The number of fused-ring (bicyclic) bond motifs is 5. The molecule has 0 saturated heterocycles. The molecule has 0 aromatic heterocycles. The Labute approximate surface area is 137 Å². The summed E-state index contributed by atoms with van der Waals surface area (Å²) in [5, 5.41) is 21.4. The third-order valence-electron chi connectivity index (χ3n) is 8.24. The minimum Gasteiger partial charge on any atom is -0.432 e. The van der Waals surface area contributed by atoms with E-state index >= 15 is 0 Å². The van der Waals surface area contributed by atoms with Crippen LogP contribution in [0.4, 0.5) is 0 Å². The summed E-state index contributed by atoms with van der Waals surface area (Å²) in [4.78, 5) is 11.7. The molecule has 0 spiro atoms. The van der Waals surface area contributed by atoms with Crippen LogP contribution in [0.2, 0.25) is 0 Å². The number of esters is 1. The number of carbonyl (C=O) groups is 1. The maximum absolute atomic E-state index is 11.7. The van der Waals surface area contributed by atoms with E-state index in [1.165, 1.54) is 0 Å². The minimum absolute atomic E-state index is 0.0258. The van der Waals surface area contributed by atoms with Gasteiger partial charge >= 0.3 is 5.97 Å². The van der Waals surface area contributed by atoms with Crippen LogP contribution in [0.15, 0.2) is 11.6 Å². The number of cyclic esters (lactones) is 1. The number of ether oxygens (including phenoxy) is 1. The Hall–Kier alpha value is -0.870. The van der Waals surface area contributed by atoms with Gasteiger partial charge in [-0.2, -0.15) is 0 Å². The second-order valence-corrected chi connectivity index (χ2v) is 8.93. The normalized spacial score (nSPS) is 55.3. The molecule has 3 aliphatic carbocycles. The zero-order chi connectivity index (χ0) is 16.6. The van der Waals surface area contributed by atoms with Crippen molar-refractivity contribution in [1.29, 1.82) is 0 Å². The maximum atomic E-state index is 11.7. The molecule has 4 aliphatic rings. The van der Waals surface area contributed by atoms with Gasteiger partial charge in [-0.05, 0) is 75.5 Å².